The predicted molar refractivity (Wildman–Crippen MR) is 91.6 cm³/mol. The second-order valence-electron chi connectivity index (χ2n) is 6.28. The van der Waals surface area contributed by atoms with Crippen LogP contribution in [0.15, 0.2) is 28.8 Å². The number of halogens is 1. The van der Waals surface area contributed by atoms with Crippen molar-refractivity contribution >= 4 is 23.4 Å². The summed E-state index contributed by atoms with van der Waals surface area (Å²) >= 11 is 5.90. The number of nitrogens with one attached hydrogen (secondary N) is 4. The van der Waals surface area contributed by atoms with Crippen molar-refractivity contribution in [1.82, 2.24) is 31.6 Å². The van der Waals surface area contributed by atoms with E-state index in [4.69, 9.17) is 16.1 Å². The van der Waals surface area contributed by atoms with Crippen LogP contribution in [0.25, 0.3) is 11.4 Å². The number of carbonyl (C=O) groups excluding carboxylic acids is 2. The van der Waals surface area contributed by atoms with Crippen LogP contribution in [0.3, 0.4) is 0 Å². The van der Waals surface area contributed by atoms with E-state index >= 15 is 0 Å². The summed E-state index contributed by atoms with van der Waals surface area (Å²) in [6, 6.07) is 6.53. The van der Waals surface area contributed by atoms with Crippen molar-refractivity contribution in [3.8, 4) is 11.4 Å². The van der Waals surface area contributed by atoms with Gasteiger partial charge >= 0.3 is 0 Å². The minimum absolute atomic E-state index is 0.144. The molecule has 9 nitrogen and oxygen atoms in total. The Morgan fingerprint density at radius 3 is 2.81 bits per heavy atom. The van der Waals surface area contributed by atoms with Gasteiger partial charge < -0.3 is 15.2 Å². The summed E-state index contributed by atoms with van der Waals surface area (Å²) in [5, 5.41) is 10.1. The first-order chi connectivity index (χ1) is 12.6. The van der Waals surface area contributed by atoms with E-state index in [9.17, 15) is 9.59 Å². The van der Waals surface area contributed by atoms with Crippen molar-refractivity contribution in [3.63, 3.8) is 0 Å². The monoisotopic (exact) mass is 376 g/mol. The summed E-state index contributed by atoms with van der Waals surface area (Å²) in [5.41, 5.74) is 6.64. The molecular formula is C16H17ClN6O3. The number of hydrogen-bond acceptors (Lipinski definition) is 7. The second kappa shape index (κ2) is 6.67. The Morgan fingerprint density at radius 1 is 1.31 bits per heavy atom. The van der Waals surface area contributed by atoms with Crippen molar-refractivity contribution in [1.29, 1.82) is 0 Å². The van der Waals surface area contributed by atoms with Crippen molar-refractivity contribution in [2.45, 2.75) is 24.5 Å². The zero-order valence-electron chi connectivity index (χ0n) is 13.8. The van der Waals surface area contributed by atoms with Gasteiger partial charge in [-0.15, -0.1) is 0 Å². The second-order valence-corrected chi connectivity index (χ2v) is 6.71. The SMILES string of the molecule is CNC(=O)C1NNC2NC(=O)CC(c3nc(-c4ccc(Cl)cc4)no3)C21. The van der Waals surface area contributed by atoms with Crippen molar-refractivity contribution in [2.75, 3.05) is 7.05 Å². The molecule has 2 amide bonds. The number of likely N-dealkylation sites (N-methyl/N-ethyl adjacent to an activating group) is 1. The van der Waals surface area contributed by atoms with Crippen molar-refractivity contribution in [2.24, 2.45) is 5.92 Å². The smallest absolute Gasteiger partial charge is 0.238 e. The summed E-state index contributed by atoms with van der Waals surface area (Å²) in [5.74, 6) is -0.218. The van der Waals surface area contributed by atoms with E-state index in [0.29, 0.717) is 16.7 Å². The maximum absolute atomic E-state index is 12.2. The molecule has 4 rings (SSSR count). The normalized spacial score (nSPS) is 27.7. The molecule has 4 N–H and O–H groups in total. The van der Waals surface area contributed by atoms with Gasteiger partial charge in [-0.05, 0) is 24.3 Å². The van der Waals surface area contributed by atoms with Gasteiger partial charge in [0.05, 0.1) is 12.1 Å². The molecule has 10 heteroatoms. The Labute approximate surface area is 153 Å². The third kappa shape index (κ3) is 2.94. The molecule has 0 bridgehead atoms. The van der Waals surface area contributed by atoms with Crippen molar-refractivity contribution in [3.05, 3.63) is 35.2 Å². The van der Waals surface area contributed by atoms with Gasteiger partial charge in [-0.1, -0.05) is 16.8 Å². The van der Waals surface area contributed by atoms with Crippen LogP contribution in [-0.4, -0.2) is 41.2 Å². The van der Waals surface area contributed by atoms with E-state index in [1.807, 2.05) is 0 Å². The van der Waals surface area contributed by atoms with Crippen LogP contribution in [0.2, 0.25) is 5.02 Å². The average Bonchev–Trinajstić information content (AvgIpc) is 3.28. The Hall–Kier alpha value is -2.49. The summed E-state index contributed by atoms with van der Waals surface area (Å²) in [7, 11) is 1.57. The maximum Gasteiger partial charge on any atom is 0.238 e. The summed E-state index contributed by atoms with van der Waals surface area (Å²) in [6.07, 6.45) is -0.227. The van der Waals surface area contributed by atoms with Crippen LogP contribution in [0.5, 0.6) is 0 Å². The highest BCUT2D eigenvalue weighted by molar-refractivity contribution is 6.30. The number of aromatic nitrogens is 2. The standard InChI is InChI=1S/C16H17ClN6O3/c1-18-15(25)12-11-9(6-10(24)19-14(11)22-21-12)16-20-13(23-26-16)7-2-4-8(17)5-3-7/h2-5,9,11-12,14,21-22H,6H2,1H3,(H,18,25)(H,19,24). The molecule has 1 aromatic carbocycles. The first kappa shape index (κ1) is 17.0. The molecule has 26 heavy (non-hydrogen) atoms. The summed E-state index contributed by atoms with van der Waals surface area (Å²) in [4.78, 5) is 28.7. The Kier molecular flexibility index (Phi) is 4.35. The Balaban J connectivity index is 1.65. The minimum atomic E-state index is -0.526. The fraction of sp³-hybridized carbons (Fsp3) is 0.375. The highest BCUT2D eigenvalue weighted by Crippen LogP contribution is 2.37. The highest BCUT2D eigenvalue weighted by atomic mass is 35.5. The first-order valence-electron chi connectivity index (χ1n) is 8.18. The molecule has 2 saturated heterocycles. The average molecular weight is 377 g/mol. The maximum atomic E-state index is 12.2. The Morgan fingerprint density at radius 2 is 2.08 bits per heavy atom. The fourth-order valence-corrected chi connectivity index (χ4v) is 3.61. The van der Waals surface area contributed by atoms with Gasteiger partial charge in [0.25, 0.3) is 0 Å². The van der Waals surface area contributed by atoms with Crippen LogP contribution in [-0.2, 0) is 9.59 Å². The number of piperidine rings is 1. The zero-order valence-corrected chi connectivity index (χ0v) is 14.6. The first-order valence-corrected chi connectivity index (χ1v) is 8.56. The van der Waals surface area contributed by atoms with Gasteiger partial charge in [0, 0.05) is 30.0 Å². The van der Waals surface area contributed by atoms with E-state index in [0.717, 1.165) is 5.56 Å². The molecule has 2 aromatic rings. The number of carbonyl (C=O) groups is 2. The molecule has 2 fully saturated rings. The summed E-state index contributed by atoms with van der Waals surface area (Å²) < 4.78 is 5.45. The minimum Gasteiger partial charge on any atom is -0.358 e. The van der Waals surface area contributed by atoms with E-state index in [2.05, 4.69) is 31.6 Å². The highest BCUT2D eigenvalue weighted by Gasteiger charge is 2.50. The van der Waals surface area contributed by atoms with Gasteiger partial charge in [0.15, 0.2) is 0 Å². The third-order valence-corrected chi connectivity index (χ3v) is 4.99. The largest absolute Gasteiger partial charge is 0.358 e. The molecule has 4 unspecified atom stereocenters. The van der Waals surface area contributed by atoms with Gasteiger partial charge in [0.1, 0.15) is 6.04 Å². The van der Waals surface area contributed by atoms with Crippen LogP contribution in [0, 0.1) is 5.92 Å². The van der Waals surface area contributed by atoms with E-state index < -0.39 is 12.2 Å². The molecule has 0 saturated carbocycles. The van der Waals surface area contributed by atoms with Gasteiger partial charge in [-0.25, -0.2) is 10.9 Å². The third-order valence-electron chi connectivity index (χ3n) is 4.74. The topological polar surface area (TPSA) is 121 Å². The molecular weight excluding hydrogens is 360 g/mol. The summed E-state index contributed by atoms with van der Waals surface area (Å²) in [6.45, 7) is 0. The number of amides is 2. The Bertz CT molecular complexity index is 839. The number of nitrogens with zero attached hydrogens (tertiary/aromatic N) is 2. The van der Waals surface area contributed by atoms with E-state index in [1.165, 1.54) is 0 Å². The number of benzene rings is 1. The van der Waals surface area contributed by atoms with Crippen LogP contribution in [0.1, 0.15) is 18.2 Å². The molecule has 0 spiro atoms. The van der Waals surface area contributed by atoms with Gasteiger partial charge in [0.2, 0.25) is 23.5 Å². The molecule has 1 aromatic heterocycles. The lowest BCUT2D eigenvalue weighted by molar-refractivity contribution is -0.128. The molecule has 0 aliphatic carbocycles. The zero-order chi connectivity index (χ0) is 18.3. The van der Waals surface area contributed by atoms with E-state index in [1.54, 1.807) is 31.3 Å². The predicted octanol–water partition coefficient (Wildman–Crippen LogP) is 0.158. The van der Waals surface area contributed by atoms with Gasteiger partial charge in [-0.2, -0.15) is 4.98 Å². The van der Waals surface area contributed by atoms with Gasteiger partial charge in [-0.3, -0.25) is 9.59 Å². The van der Waals surface area contributed by atoms with E-state index in [-0.39, 0.29) is 30.1 Å². The van der Waals surface area contributed by atoms with Crippen LogP contribution in [0.4, 0.5) is 0 Å². The van der Waals surface area contributed by atoms with Crippen LogP contribution < -0.4 is 21.5 Å². The number of hydrazine groups is 1. The van der Waals surface area contributed by atoms with Crippen LogP contribution >= 0.6 is 11.6 Å². The number of fused-ring (bicyclic) bond motifs is 1. The number of hydrogen-bond donors (Lipinski definition) is 4. The number of rotatable bonds is 3. The molecule has 136 valence electrons. The lowest BCUT2D eigenvalue weighted by atomic mass is 9.79. The quantitative estimate of drug-likeness (QED) is 0.602. The molecule has 2 aliphatic heterocycles. The molecule has 2 aliphatic rings. The lowest BCUT2D eigenvalue weighted by Crippen LogP contribution is -2.53. The lowest BCUT2D eigenvalue weighted by Gasteiger charge is -2.32. The van der Waals surface area contributed by atoms with Crippen molar-refractivity contribution < 1.29 is 14.1 Å². The molecule has 4 atom stereocenters. The molecule has 3 heterocycles. The molecule has 0 radical (unpaired) electrons. The fourth-order valence-electron chi connectivity index (χ4n) is 3.48.